The SMILES string of the molecule is C=C=CC(N)CCC(=O)OCC.Cl. The number of rotatable bonds is 5. The minimum absolute atomic E-state index is 0. The fourth-order valence-electron chi connectivity index (χ4n) is 0.752. The normalized spacial score (nSPS) is 10.6. The van der Waals surface area contributed by atoms with Crippen LogP contribution in [0.1, 0.15) is 19.8 Å². The molecule has 0 aliphatic heterocycles. The second-order valence-corrected chi connectivity index (χ2v) is 2.38. The van der Waals surface area contributed by atoms with Crippen LogP contribution in [-0.4, -0.2) is 18.6 Å². The first-order valence-electron chi connectivity index (χ1n) is 3.97. The molecule has 0 saturated carbocycles. The molecule has 76 valence electrons. The molecule has 13 heavy (non-hydrogen) atoms. The molecule has 0 fully saturated rings. The zero-order valence-corrected chi connectivity index (χ0v) is 8.60. The van der Waals surface area contributed by atoms with Gasteiger partial charge >= 0.3 is 5.97 Å². The van der Waals surface area contributed by atoms with Crippen LogP contribution in [-0.2, 0) is 9.53 Å². The highest BCUT2D eigenvalue weighted by Crippen LogP contribution is 1.97. The Labute approximate surface area is 85.0 Å². The Morgan fingerprint density at radius 1 is 1.77 bits per heavy atom. The van der Waals surface area contributed by atoms with Crippen LogP contribution in [0.15, 0.2) is 18.4 Å². The number of carbonyl (C=O) groups excluding carboxylic acids is 1. The Bertz CT molecular complexity index is 188. The summed E-state index contributed by atoms with van der Waals surface area (Å²) < 4.78 is 4.73. The number of esters is 1. The Balaban J connectivity index is 0. The van der Waals surface area contributed by atoms with Gasteiger partial charge in [0, 0.05) is 12.5 Å². The first kappa shape index (κ1) is 14.7. The van der Waals surface area contributed by atoms with Gasteiger partial charge in [0.25, 0.3) is 0 Å². The molecule has 1 atom stereocenters. The van der Waals surface area contributed by atoms with Crippen LogP contribution >= 0.6 is 12.4 Å². The molecular weight excluding hydrogens is 190 g/mol. The third-order valence-corrected chi connectivity index (χ3v) is 1.32. The average Bonchev–Trinajstić information content (AvgIpc) is 2.02. The van der Waals surface area contributed by atoms with Crippen LogP contribution in [0, 0.1) is 0 Å². The van der Waals surface area contributed by atoms with E-state index in [4.69, 9.17) is 10.5 Å². The van der Waals surface area contributed by atoms with Crippen molar-refractivity contribution in [2.45, 2.75) is 25.8 Å². The van der Waals surface area contributed by atoms with Gasteiger partial charge in [-0.1, -0.05) is 6.58 Å². The standard InChI is InChI=1S/C9H15NO2.ClH/c1-3-5-8(10)6-7-9(11)12-4-2;/h5,8H,1,4,6-7,10H2,2H3;1H. The zero-order chi connectivity index (χ0) is 9.40. The van der Waals surface area contributed by atoms with E-state index in [1.54, 1.807) is 13.0 Å². The summed E-state index contributed by atoms with van der Waals surface area (Å²) in [6, 6.07) is -0.146. The lowest BCUT2D eigenvalue weighted by Crippen LogP contribution is -2.18. The lowest BCUT2D eigenvalue weighted by atomic mass is 10.2. The van der Waals surface area contributed by atoms with Gasteiger partial charge in [-0.15, -0.1) is 18.1 Å². The molecule has 0 bridgehead atoms. The molecule has 0 aliphatic carbocycles. The molecule has 1 unspecified atom stereocenters. The third-order valence-electron chi connectivity index (χ3n) is 1.32. The monoisotopic (exact) mass is 205 g/mol. The van der Waals surface area contributed by atoms with E-state index in [9.17, 15) is 4.79 Å². The Hall–Kier alpha value is -0.760. The molecule has 0 rings (SSSR count). The van der Waals surface area contributed by atoms with Crippen molar-refractivity contribution in [3.8, 4) is 0 Å². The summed E-state index contributed by atoms with van der Waals surface area (Å²) in [7, 11) is 0. The zero-order valence-electron chi connectivity index (χ0n) is 7.79. The second kappa shape index (κ2) is 9.33. The minimum atomic E-state index is -0.203. The summed E-state index contributed by atoms with van der Waals surface area (Å²) in [5.74, 6) is -0.203. The Morgan fingerprint density at radius 3 is 2.85 bits per heavy atom. The molecule has 2 N–H and O–H groups in total. The number of carbonyl (C=O) groups is 1. The van der Waals surface area contributed by atoms with Gasteiger partial charge in [-0.05, 0) is 19.4 Å². The van der Waals surface area contributed by atoms with E-state index in [1.165, 1.54) is 0 Å². The second-order valence-electron chi connectivity index (χ2n) is 2.38. The molecular formula is C9H16ClNO2. The van der Waals surface area contributed by atoms with Crippen LogP contribution < -0.4 is 5.73 Å². The molecule has 0 saturated heterocycles. The van der Waals surface area contributed by atoms with Crippen LogP contribution in [0.2, 0.25) is 0 Å². The first-order valence-corrected chi connectivity index (χ1v) is 3.97. The van der Waals surface area contributed by atoms with Gasteiger partial charge in [0.15, 0.2) is 0 Å². The highest BCUT2D eigenvalue weighted by atomic mass is 35.5. The van der Waals surface area contributed by atoms with E-state index in [0.717, 1.165) is 0 Å². The summed E-state index contributed by atoms with van der Waals surface area (Å²) in [4.78, 5) is 10.8. The lowest BCUT2D eigenvalue weighted by molar-refractivity contribution is -0.143. The van der Waals surface area contributed by atoms with Crippen LogP contribution in [0.3, 0.4) is 0 Å². The van der Waals surface area contributed by atoms with Gasteiger partial charge in [0.1, 0.15) is 0 Å². The summed E-state index contributed by atoms with van der Waals surface area (Å²) in [5.41, 5.74) is 8.13. The van der Waals surface area contributed by atoms with Crippen molar-refractivity contribution >= 4 is 18.4 Å². The summed E-state index contributed by atoms with van der Waals surface area (Å²) in [5, 5.41) is 0. The van der Waals surface area contributed by atoms with Crippen molar-refractivity contribution in [3.05, 3.63) is 18.4 Å². The molecule has 0 aromatic carbocycles. The Kier molecular flexibility index (Phi) is 10.6. The maximum absolute atomic E-state index is 10.8. The topological polar surface area (TPSA) is 52.3 Å². The van der Waals surface area contributed by atoms with Crippen molar-refractivity contribution in [3.63, 3.8) is 0 Å². The van der Waals surface area contributed by atoms with Crippen LogP contribution in [0.4, 0.5) is 0 Å². The number of halogens is 1. The molecule has 0 aromatic heterocycles. The summed E-state index contributed by atoms with van der Waals surface area (Å²) in [6.07, 6.45) is 2.58. The summed E-state index contributed by atoms with van der Waals surface area (Å²) >= 11 is 0. The number of nitrogens with two attached hydrogens (primary N) is 1. The summed E-state index contributed by atoms with van der Waals surface area (Å²) in [6.45, 7) is 5.59. The molecule has 0 heterocycles. The first-order chi connectivity index (χ1) is 5.70. The van der Waals surface area contributed by atoms with E-state index in [0.29, 0.717) is 19.4 Å². The molecule has 0 amide bonds. The number of hydrogen-bond donors (Lipinski definition) is 1. The van der Waals surface area contributed by atoms with Crippen LogP contribution in [0.25, 0.3) is 0 Å². The Morgan fingerprint density at radius 2 is 2.38 bits per heavy atom. The fourth-order valence-corrected chi connectivity index (χ4v) is 0.752. The molecule has 3 nitrogen and oxygen atoms in total. The molecule has 0 aliphatic rings. The third kappa shape index (κ3) is 9.15. The van der Waals surface area contributed by atoms with Crippen molar-refractivity contribution in [1.29, 1.82) is 0 Å². The van der Waals surface area contributed by atoms with Crippen molar-refractivity contribution in [1.82, 2.24) is 0 Å². The predicted octanol–water partition coefficient (Wildman–Crippen LogP) is 1.42. The van der Waals surface area contributed by atoms with E-state index < -0.39 is 0 Å². The van der Waals surface area contributed by atoms with Crippen molar-refractivity contribution in [2.24, 2.45) is 5.73 Å². The van der Waals surface area contributed by atoms with Gasteiger partial charge in [-0.3, -0.25) is 4.79 Å². The van der Waals surface area contributed by atoms with Crippen LogP contribution in [0.5, 0.6) is 0 Å². The fraction of sp³-hybridized carbons (Fsp3) is 0.556. The van der Waals surface area contributed by atoms with Gasteiger partial charge in [-0.25, -0.2) is 0 Å². The molecule has 0 radical (unpaired) electrons. The smallest absolute Gasteiger partial charge is 0.305 e. The van der Waals surface area contributed by atoms with Gasteiger partial charge < -0.3 is 10.5 Å². The number of hydrogen-bond acceptors (Lipinski definition) is 3. The number of ether oxygens (including phenoxy) is 1. The molecule has 0 spiro atoms. The van der Waals surface area contributed by atoms with Crippen molar-refractivity contribution < 1.29 is 9.53 Å². The van der Waals surface area contributed by atoms with Gasteiger partial charge in [0.2, 0.25) is 0 Å². The van der Waals surface area contributed by atoms with Gasteiger partial charge in [-0.2, -0.15) is 0 Å². The van der Waals surface area contributed by atoms with E-state index in [-0.39, 0.29) is 24.4 Å². The average molecular weight is 206 g/mol. The highest BCUT2D eigenvalue weighted by molar-refractivity contribution is 5.85. The molecule has 0 aromatic rings. The minimum Gasteiger partial charge on any atom is -0.466 e. The van der Waals surface area contributed by atoms with Gasteiger partial charge in [0.05, 0.1) is 6.61 Å². The quantitative estimate of drug-likeness (QED) is 0.546. The highest BCUT2D eigenvalue weighted by Gasteiger charge is 2.04. The van der Waals surface area contributed by atoms with E-state index in [2.05, 4.69) is 12.3 Å². The predicted molar refractivity (Wildman–Crippen MR) is 54.8 cm³/mol. The maximum atomic E-state index is 10.8. The lowest BCUT2D eigenvalue weighted by Gasteiger charge is -2.04. The van der Waals surface area contributed by atoms with Crippen molar-refractivity contribution in [2.75, 3.05) is 6.61 Å². The molecule has 4 heteroatoms. The van der Waals surface area contributed by atoms with E-state index in [1.807, 2.05) is 0 Å². The van der Waals surface area contributed by atoms with E-state index >= 15 is 0 Å². The maximum Gasteiger partial charge on any atom is 0.305 e. The largest absolute Gasteiger partial charge is 0.466 e.